The van der Waals surface area contributed by atoms with Crippen molar-refractivity contribution >= 4 is 11.8 Å². The SMILES string of the molecule is CCOC(=O)CCCCCCC(=O)c1cccc(OC)c1. The molecule has 0 aliphatic carbocycles. The smallest absolute Gasteiger partial charge is 0.305 e. The summed E-state index contributed by atoms with van der Waals surface area (Å²) < 4.78 is 9.97. The summed E-state index contributed by atoms with van der Waals surface area (Å²) in [5.41, 5.74) is 0.695. The minimum atomic E-state index is -0.134. The topological polar surface area (TPSA) is 52.6 Å². The molecular formula is C17H24O4. The molecule has 0 N–H and O–H groups in total. The Morgan fingerprint density at radius 2 is 1.76 bits per heavy atom. The minimum absolute atomic E-state index is 0.134. The second kappa shape index (κ2) is 9.97. The molecule has 21 heavy (non-hydrogen) atoms. The average molecular weight is 292 g/mol. The van der Waals surface area contributed by atoms with Gasteiger partial charge in [-0.3, -0.25) is 9.59 Å². The molecule has 1 rings (SSSR count). The minimum Gasteiger partial charge on any atom is -0.497 e. The molecule has 0 aliphatic heterocycles. The molecule has 116 valence electrons. The molecular weight excluding hydrogens is 268 g/mol. The number of carbonyl (C=O) groups excluding carboxylic acids is 2. The zero-order valence-corrected chi connectivity index (χ0v) is 12.9. The van der Waals surface area contributed by atoms with Crippen LogP contribution in [-0.4, -0.2) is 25.5 Å². The molecule has 0 amide bonds. The number of carbonyl (C=O) groups is 2. The van der Waals surface area contributed by atoms with Gasteiger partial charge in [-0.1, -0.05) is 25.0 Å². The summed E-state index contributed by atoms with van der Waals surface area (Å²) in [5, 5.41) is 0. The fourth-order valence-electron chi connectivity index (χ4n) is 2.08. The van der Waals surface area contributed by atoms with Crippen molar-refractivity contribution in [3.05, 3.63) is 29.8 Å². The van der Waals surface area contributed by atoms with Crippen LogP contribution in [0.2, 0.25) is 0 Å². The van der Waals surface area contributed by atoms with Gasteiger partial charge in [0.05, 0.1) is 13.7 Å². The van der Waals surface area contributed by atoms with Crippen LogP contribution in [0.5, 0.6) is 5.75 Å². The van der Waals surface area contributed by atoms with Crippen LogP contribution >= 0.6 is 0 Å². The van der Waals surface area contributed by atoms with Crippen molar-refractivity contribution < 1.29 is 19.1 Å². The van der Waals surface area contributed by atoms with Crippen LogP contribution < -0.4 is 4.74 Å². The summed E-state index contributed by atoms with van der Waals surface area (Å²) in [6, 6.07) is 7.23. The summed E-state index contributed by atoms with van der Waals surface area (Å²) in [6.07, 6.45) is 4.58. The number of esters is 1. The molecule has 0 aliphatic rings. The van der Waals surface area contributed by atoms with Gasteiger partial charge < -0.3 is 9.47 Å². The number of ether oxygens (including phenoxy) is 2. The Kier molecular flexibility index (Phi) is 8.17. The average Bonchev–Trinajstić information content (AvgIpc) is 2.50. The van der Waals surface area contributed by atoms with E-state index in [2.05, 4.69) is 0 Å². The normalized spacial score (nSPS) is 10.2. The summed E-state index contributed by atoms with van der Waals surface area (Å²) in [4.78, 5) is 23.2. The third kappa shape index (κ3) is 6.93. The molecule has 4 nitrogen and oxygen atoms in total. The van der Waals surface area contributed by atoms with Crippen molar-refractivity contribution in [1.29, 1.82) is 0 Å². The van der Waals surface area contributed by atoms with E-state index in [1.165, 1.54) is 0 Å². The number of unbranched alkanes of at least 4 members (excludes halogenated alkanes) is 3. The van der Waals surface area contributed by atoms with Crippen LogP contribution in [0.15, 0.2) is 24.3 Å². The first-order valence-electron chi connectivity index (χ1n) is 7.50. The standard InChI is InChI=1S/C17H24O4/c1-3-21-17(19)12-7-5-4-6-11-16(18)14-9-8-10-15(13-14)20-2/h8-10,13H,3-7,11-12H2,1-2H3. The third-order valence-electron chi connectivity index (χ3n) is 3.23. The molecule has 1 aromatic carbocycles. The largest absolute Gasteiger partial charge is 0.497 e. The quantitative estimate of drug-likeness (QED) is 0.374. The van der Waals surface area contributed by atoms with Crippen LogP contribution in [0, 0.1) is 0 Å². The molecule has 1 aromatic rings. The molecule has 0 aromatic heterocycles. The van der Waals surface area contributed by atoms with Gasteiger partial charge >= 0.3 is 5.97 Å². The van der Waals surface area contributed by atoms with E-state index >= 15 is 0 Å². The Morgan fingerprint density at radius 1 is 1.05 bits per heavy atom. The molecule has 0 fully saturated rings. The highest BCUT2D eigenvalue weighted by Crippen LogP contribution is 2.15. The molecule has 0 radical (unpaired) electrons. The predicted molar refractivity (Wildman–Crippen MR) is 81.7 cm³/mol. The number of hydrogen-bond donors (Lipinski definition) is 0. The number of hydrogen-bond acceptors (Lipinski definition) is 4. The van der Waals surface area contributed by atoms with E-state index in [-0.39, 0.29) is 11.8 Å². The van der Waals surface area contributed by atoms with E-state index < -0.39 is 0 Å². The number of Topliss-reactive ketones (excluding diaryl/α,β-unsaturated/α-hetero) is 1. The van der Waals surface area contributed by atoms with Crippen molar-refractivity contribution in [1.82, 2.24) is 0 Å². The Hall–Kier alpha value is -1.84. The molecule has 4 heteroatoms. The number of rotatable bonds is 10. The van der Waals surface area contributed by atoms with Crippen molar-refractivity contribution in [2.45, 2.75) is 45.4 Å². The fraction of sp³-hybridized carbons (Fsp3) is 0.529. The van der Waals surface area contributed by atoms with E-state index in [4.69, 9.17) is 9.47 Å². The fourth-order valence-corrected chi connectivity index (χ4v) is 2.08. The van der Waals surface area contributed by atoms with Crippen LogP contribution in [0.25, 0.3) is 0 Å². The third-order valence-corrected chi connectivity index (χ3v) is 3.23. The Labute approximate surface area is 126 Å². The van der Waals surface area contributed by atoms with E-state index in [1.54, 1.807) is 13.2 Å². The molecule has 0 heterocycles. The molecule has 0 unspecified atom stereocenters. The first kappa shape index (κ1) is 17.2. The Morgan fingerprint density at radius 3 is 2.43 bits per heavy atom. The summed E-state index contributed by atoms with van der Waals surface area (Å²) in [6.45, 7) is 2.25. The lowest BCUT2D eigenvalue weighted by molar-refractivity contribution is -0.143. The van der Waals surface area contributed by atoms with Gasteiger partial charge in [0.1, 0.15) is 5.75 Å². The highest BCUT2D eigenvalue weighted by atomic mass is 16.5. The zero-order chi connectivity index (χ0) is 15.5. The molecule has 0 saturated heterocycles. The van der Waals surface area contributed by atoms with Crippen LogP contribution in [-0.2, 0) is 9.53 Å². The van der Waals surface area contributed by atoms with Gasteiger partial charge in [-0.05, 0) is 31.9 Å². The maximum Gasteiger partial charge on any atom is 0.305 e. The van der Waals surface area contributed by atoms with Gasteiger partial charge in [0.2, 0.25) is 0 Å². The number of benzene rings is 1. The lowest BCUT2D eigenvalue weighted by Gasteiger charge is -2.04. The molecule has 0 bridgehead atoms. The first-order valence-corrected chi connectivity index (χ1v) is 7.50. The Bertz CT molecular complexity index is 454. The van der Waals surface area contributed by atoms with Crippen molar-refractivity contribution in [2.75, 3.05) is 13.7 Å². The van der Waals surface area contributed by atoms with Gasteiger partial charge in [0.15, 0.2) is 5.78 Å². The summed E-state index contributed by atoms with van der Waals surface area (Å²) >= 11 is 0. The van der Waals surface area contributed by atoms with E-state index in [9.17, 15) is 9.59 Å². The molecule has 0 saturated carbocycles. The van der Waals surface area contributed by atoms with Crippen molar-refractivity contribution in [2.24, 2.45) is 0 Å². The summed E-state index contributed by atoms with van der Waals surface area (Å²) in [5.74, 6) is 0.708. The van der Waals surface area contributed by atoms with Crippen LogP contribution in [0.1, 0.15) is 55.8 Å². The second-order valence-electron chi connectivity index (χ2n) is 4.87. The van der Waals surface area contributed by atoms with Crippen molar-refractivity contribution in [3.8, 4) is 5.75 Å². The monoisotopic (exact) mass is 292 g/mol. The van der Waals surface area contributed by atoms with Gasteiger partial charge in [-0.2, -0.15) is 0 Å². The zero-order valence-electron chi connectivity index (χ0n) is 12.9. The van der Waals surface area contributed by atoms with Gasteiger partial charge in [-0.25, -0.2) is 0 Å². The van der Waals surface area contributed by atoms with Gasteiger partial charge in [0.25, 0.3) is 0 Å². The maximum atomic E-state index is 12.0. The highest BCUT2D eigenvalue weighted by molar-refractivity contribution is 5.96. The number of ketones is 1. The van der Waals surface area contributed by atoms with Crippen molar-refractivity contribution in [3.63, 3.8) is 0 Å². The lowest BCUT2D eigenvalue weighted by Crippen LogP contribution is -2.03. The Balaban J connectivity index is 2.17. The molecule has 0 atom stereocenters. The second-order valence-corrected chi connectivity index (χ2v) is 4.87. The first-order chi connectivity index (χ1) is 10.2. The lowest BCUT2D eigenvalue weighted by atomic mass is 10.0. The van der Waals surface area contributed by atoms with E-state index in [1.807, 2.05) is 25.1 Å². The predicted octanol–water partition coefficient (Wildman–Crippen LogP) is 3.78. The van der Waals surface area contributed by atoms with E-state index in [0.717, 1.165) is 25.7 Å². The van der Waals surface area contributed by atoms with Crippen LogP contribution in [0.3, 0.4) is 0 Å². The highest BCUT2D eigenvalue weighted by Gasteiger charge is 2.07. The van der Waals surface area contributed by atoms with E-state index in [0.29, 0.717) is 30.8 Å². The van der Waals surface area contributed by atoms with Crippen LogP contribution in [0.4, 0.5) is 0 Å². The van der Waals surface area contributed by atoms with Gasteiger partial charge in [-0.15, -0.1) is 0 Å². The van der Waals surface area contributed by atoms with Gasteiger partial charge in [0, 0.05) is 18.4 Å². The molecule has 0 spiro atoms. The summed E-state index contributed by atoms with van der Waals surface area (Å²) in [7, 11) is 1.59. The number of methoxy groups -OCH3 is 1. The maximum absolute atomic E-state index is 12.0.